The molecule has 2 bridgehead atoms. The molecule has 0 radical (unpaired) electrons. The summed E-state index contributed by atoms with van der Waals surface area (Å²) in [6, 6.07) is 3.11. The number of anilines is 2. The Morgan fingerprint density at radius 2 is 1.60 bits per heavy atom. The molecule has 17 heteroatoms. The van der Waals surface area contributed by atoms with Gasteiger partial charge < -0.3 is 22.1 Å². The Morgan fingerprint density at radius 3 is 2.13 bits per heavy atom. The van der Waals surface area contributed by atoms with Crippen LogP contribution >= 0.6 is 0 Å². The molecule has 45 heavy (non-hydrogen) atoms. The van der Waals surface area contributed by atoms with Crippen molar-refractivity contribution in [1.29, 1.82) is 0 Å². The minimum absolute atomic E-state index is 0.0408. The van der Waals surface area contributed by atoms with Gasteiger partial charge in [-0.25, -0.2) is 4.98 Å². The van der Waals surface area contributed by atoms with Crippen molar-refractivity contribution in [2.75, 3.05) is 11.5 Å². The number of piperidine rings is 1. The Morgan fingerprint density at radius 1 is 0.933 bits per heavy atom. The molecule has 2 atom stereocenters. The predicted molar refractivity (Wildman–Crippen MR) is 149 cm³/mol. The van der Waals surface area contributed by atoms with Crippen molar-refractivity contribution in [1.82, 2.24) is 34.7 Å². The first-order valence-electron chi connectivity index (χ1n) is 14.4. The van der Waals surface area contributed by atoms with Gasteiger partial charge in [0.1, 0.15) is 17.3 Å². The van der Waals surface area contributed by atoms with Crippen molar-refractivity contribution in [3.63, 3.8) is 0 Å². The van der Waals surface area contributed by atoms with Crippen LogP contribution in [0.4, 0.5) is 38.0 Å². The number of fused-ring (bicyclic) bond motifs is 3. The smallest absolute Gasteiger partial charge is 0.383 e. The van der Waals surface area contributed by atoms with Gasteiger partial charge in [0, 0.05) is 47.0 Å². The molecule has 7 N–H and O–H groups in total. The fourth-order valence-electron chi connectivity index (χ4n) is 6.91. The minimum atomic E-state index is -5.83. The fraction of sp³-hybridized carbons (Fsp3) is 0.464. The molecule has 0 spiro atoms. The molecule has 0 aromatic carbocycles. The number of pyridine rings is 1. The number of carbonyl (C=O) groups is 1. The van der Waals surface area contributed by atoms with Gasteiger partial charge >= 0.3 is 12.4 Å². The van der Waals surface area contributed by atoms with E-state index in [0.29, 0.717) is 41.6 Å². The molecule has 1 aliphatic carbocycles. The zero-order chi connectivity index (χ0) is 32.1. The van der Waals surface area contributed by atoms with E-state index >= 15 is 0 Å². The normalized spacial score (nSPS) is 22.4. The molecule has 11 nitrogen and oxygen atoms in total. The molecule has 4 aromatic rings. The van der Waals surface area contributed by atoms with Crippen LogP contribution in [0.3, 0.4) is 0 Å². The summed E-state index contributed by atoms with van der Waals surface area (Å²) in [7, 11) is 0. The highest BCUT2D eigenvalue weighted by atomic mass is 19.4. The third-order valence-electron chi connectivity index (χ3n) is 9.29. The Bertz CT molecular complexity index is 1760. The number of carbonyl (C=O) groups excluding carboxylic acids is 1. The van der Waals surface area contributed by atoms with Gasteiger partial charge in [0.25, 0.3) is 11.4 Å². The Hall–Kier alpha value is -4.41. The van der Waals surface area contributed by atoms with E-state index < -0.39 is 23.6 Å². The third-order valence-corrected chi connectivity index (χ3v) is 9.29. The molecule has 2 saturated heterocycles. The van der Waals surface area contributed by atoms with Crippen LogP contribution in [-0.2, 0) is 5.54 Å². The number of nitrogens with two attached hydrogens (primary N) is 3. The molecule has 3 aliphatic rings. The van der Waals surface area contributed by atoms with Crippen molar-refractivity contribution in [3.05, 3.63) is 53.2 Å². The zero-order valence-electron chi connectivity index (χ0n) is 23.5. The van der Waals surface area contributed by atoms with Crippen molar-refractivity contribution < 1.29 is 31.1 Å². The molecular formula is C28H28F6N10O. The molecule has 7 rings (SSSR count). The van der Waals surface area contributed by atoms with Crippen LogP contribution in [0, 0.1) is 0 Å². The SMILES string of the molecule is Nc1cc(C(=O)N2[C@@H]3CC[C@@H]2CC(c2nc4c(-c5ccc(C(N)(C(F)(F)F)C(F)(F)F)nc5)cnn4c(N)c2C2CC2)C3)[nH]n1. The quantitative estimate of drug-likeness (QED) is 0.234. The largest absolute Gasteiger partial charge is 0.421 e. The van der Waals surface area contributed by atoms with Gasteiger partial charge in [-0.05, 0) is 50.5 Å². The first-order valence-corrected chi connectivity index (χ1v) is 14.4. The monoisotopic (exact) mass is 634 g/mol. The van der Waals surface area contributed by atoms with Crippen LogP contribution in [0.25, 0.3) is 16.8 Å². The van der Waals surface area contributed by atoms with E-state index in [0.717, 1.165) is 49.2 Å². The van der Waals surface area contributed by atoms with Crippen LogP contribution in [0.1, 0.15) is 77.8 Å². The number of nitrogen functional groups attached to an aromatic ring is 2. The predicted octanol–water partition coefficient (Wildman–Crippen LogP) is 4.39. The molecule has 2 aliphatic heterocycles. The second-order valence-corrected chi connectivity index (χ2v) is 12.1. The Balaban J connectivity index is 1.25. The van der Waals surface area contributed by atoms with E-state index in [9.17, 15) is 31.1 Å². The molecule has 4 aromatic heterocycles. The number of aromatic amines is 1. The maximum absolute atomic E-state index is 13.5. The number of halogens is 6. The van der Waals surface area contributed by atoms with Gasteiger partial charge in [-0.3, -0.25) is 14.9 Å². The average Bonchev–Trinajstić information content (AvgIpc) is 3.47. The molecule has 3 fully saturated rings. The maximum Gasteiger partial charge on any atom is 0.421 e. The number of alkyl halides is 6. The third kappa shape index (κ3) is 4.49. The van der Waals surface area contributed by atoms with E-state index in [-0.39, 0.29) is 41.2 Å². The summed E-state index contributed by atoms with van der Waals surface area (Å²) in [5, 5.41) is 10.9. The van der Waals surface area contributed by atoms with E-state index in [4.69, 9.17) is 22.2 Å². The molecular weight excluding hydrogens is 606 g/mol. The van der Waals surface area contributed by atoms with Gasteiger partial charge in [0.05, 0.1) is 17.6 Å². The van der Waals surface area contributed by atoms with Crippen molar-refractivity contribution in [3.8, 4) is 11.1 Å². The minimum Gasteiger partial charge on any atom is -0.383 e. The van der Waals surface area contributed by atoms with E-state index in [1.807, 2.05) is 4.90 Å². The van der Waals surface area contributed by atoms with Gasteiger partial charge in [0.15, 0.2) is 5.65 Å². The Kier molecular flexibility index (Phi) is 6.38. The molecule has 1 saturated carbocycles. The number of hydrogen-bond acceptors (Lipinski definition) is 8. The second-order valence-electron chi connectivity index (χ2n) is 12.1. The van der Waals surface area contributed by atoms with Gasteiger partial charge in [-0.2, -0.15) is 41.1 Å². The summed E-state index contributed by atoms with van der Waals surface area (Å²) in [5.41, 5.74) is 14.1. The molecule has 1 amide bonds. The second kappa shape index (κ2) is 9.79. The summed E-state index contributed by atoms with van der Waals surface area (Å²) in [6.07, 6.45) is -4.60. The van der Waals surface area contributed by atoms with Gasteiger partial charge in [-0.1, -0.05) is 6.07 Å². The number of nitrogens with zero attached hydrogens (tertiary/aromatic N) is 6. The van der Waals surface area contributed by atoms with Crippen molar-refractivity contribution in [2.24, 2.45) is 5.73 Å². The number of amides is 1. The van der Waals surface area contributed by atoms with Gasteiger partial charge in [-0.15, -0.1) is 0 Å². The molecule has 6 heterocycles. The number of H-pyrrole nitrogens is 1. The van der Waals surface area contributed by atoms with Crippen LogP contribution in [0.5, 0.6) is 0 Å². The summed E-state index contributed by atoms with van der Waals surface area (Å²) >= 11 is 0. The first kappa shape index (κ1) is 29.3. The number of aromatic nitrogens is 6. The summed E-state index contributed by atoms with van der Waals surface area (Å²) in [4.78, 5) is 23.7. The highest BCUT2D eigenvalue weighted by molar-refractivity contribution is 5.93. The maximum atomic E-state index is 13.5. The van der Waals surface area contributed by atoms with E-state index in [2.05, 4.69) is 20.3 Å². The van der Waals surface area contributed by atoms with Gasteiger partial charge in [0.2, 0.25) is 0 Å². The number of rotatable bonds is 5. The van der Waals surface area contributed by atoms with Crippen LogP contribution in [-0.4, -0.2) is 65.0 Å². The molecule has 0 unspecified atom stereocenters. The lowest BCUT2D eigenvalue weighted by molar-refractivity contribution is -0.303. The lowest BCUT2D eigenvalue weighted by atomic mass is 9.85. The lowest BCUT2D eigenvalue weighted by Gasteiger charge is -2.39. The fourth-order valence-corrected chi connectivity index (χ4v) is 6.91. The highest BCUT2D eigenvalue weighted by Gasteiger charge is 2.70. The van der Waals surface area contributed by atoms with E-state index in [1.165, 1.54) is 16.8 Å². The Labute approximate surface area is 251 Å². The van der Waals surface area contributed by atoms with Crippen LogP contribution in [0.2, 0.25) is 0 Å². The van der Waals surface area contributed by atoms with Crippen LogP contribution < -0.4 is 17.2 Å². The summed E-state index contributed by atoms with van der Waals surface area (Å²) in [6.45, 7) is 0. The topological polar surface area (TPSA) is 170 Å². The first-order chi connectivity index (χ1) is 21.2. The zero-order valence-corrected chi connectivity index (χ0v) is 23.5. The van der Waals surface area contributed by atoms with Crippen molar-refractivity contribution in [2.45, 2.75) is 80.3 Å². The number of hydrogen-bond donors (Lipinski definition) is 4. The standard InChI is InChI=1S/C28H28F6N10O/c29-27(30,31)26(37,28(32,33)34)19-6-3-13(10-38-19)17-11-39-44-23(36)21(12-1-2-12)22(40-24(17)44)14-7-15-4-5-16(8-14)43(15)25(45)18-9-20(35)42-41-18/h3,6,9-12,14-16H,1-2,4-5,7-8,36-37H2,(H3,35,41,42)/t15-,16-/m1/s1. The average molecular weight is 635 g/mol. The van der Waals surface area contributed by atoms with E-state index in [1.54, 1.807) is 0 Å². The van der Waals surface area contributed by atoms with Crippen LogP contribution in [0.15, 0.2) is 30.6 Å². The number of nitrogens with one attached hydrogen (secondary N) is 1. The lowest BCUT2D eigenvalue weighted by Crippen LogP contribution is -2.61. The highest BCUT2D eigenvalue weighted by Crippen LogP contribution is 2.51. The summed E-state index contributed by atoms with van der Waals surface area (Å²) < 4.78 is 82.5. The summed E-state index contributed by atoms with van der Waals surface area (Å²) in [5.74, 6) is 0.593. The molecule has 238 valence electrons. The van der Waals surface area contributed by atoms with Crippen molar-refractivity contribution >= 4 is 23.2 Å².